The van der Waals surface area contributed by atoms with Gasteiger partial charge in [-0.05, 0) is 12.1 Å². The molecule has 0 fully saturated rings. The number of aliphatic hydroxyl groups is 1. The molecule has 4 rings (SSSR count). The summed E-state index contributed by atoms with van der Waals surface area (Å²) in [7, 11) is 1.26. The van der Waals surface area contributed by atoms with Crippen molar-refractivity contribution in [1.29, 1.82) is 0 Å². The molecule has 2 heterocycles. The fraction of sp³-hybridized carbons (Fsp3) is 0.167. The number of hydrogen-bond acceptors (Lipinski definition) is 5. The van der Waals surface area contributed by atoms with Gasteiger partial charge in [0.2, 0.25) is 11.5 Å². The fourth-order valence-electron chi connectivity index (χ4n) is 3.60. The van der Waals surface area contributed by atoms with E-state index in [0.717, 1.165) is 10.8 Å². The molecular formula is C24H21F3N6O3. The molecule has 0 saturated carbocycles. The SMILES string of the molecule is Cn1ccnc1[C@](O)(CC(=O)NNC(=O)c1cn(-c2ccccc2)nc1-c1ccccc1)C(F)(F)F. The Morgan fingerprint density at radius 1 is 1.00 bits per heavy atom. The first-order valence-electron chi connectivity index (χ1n) is 10.7. The highest BCUT2D eigenvalue weighted by Gasteiger charge is 2.58. The second-order valence-corrected chi connectivity index (χ2v) is 7.94. The maximum Gasteiger partial charge on any atom is 0.425 e. The maximum atomic E-state index is 13.7. The van der Waals surface area contributed by atoms with Crippen molar-refractivity contribution in [3.05, 3.63) is 90.6 Å². The van der Waals surface area contributed by atoms with Gasteiger partial charge in [-0.1, -0.05) is 48.5 Å². The second kappa shape index (κ2) is 9.66. The molecule has 1 atom stereocenters. The predicted octanol–water partition coefficient (Wildman–Crippen LogP) is 2.87. The highest BCUT2D eigenvalue weighted by Crippen LogP contribution is 2.40. The molecule has 0 radical (unpaired) electrons. The molecule has 0 saturated heterocycles. The van der Waals surface area contributed by atoms with Gasteiger partial charge in [-0.2, -0.15) is 18.3 Å². The smallest absolute Gasteiger partial charge is 0.374 e. The predicted molar refractivity (Wildman–Crippen MR) is 122 cm³/mol. The van der Waals surface area contributed by atoms with Gasteiger partial charge < -0.3 is 9.67 Å². The molecule has 186 valence electrons. The lowest BCUT2D eigenvalue weighted by Crippen LogP contribution is -2.50. The van der Waals surface area contributed by atoms with Gasteiger partial charge in [0.15, 0.2) is 5.82 Å². The van der Waals surface area contributed by atoms with E-state index in [2.05, 4.69) is 15.5 Å². The average Bonchev–Trinajstić information content (AvgIpc) is 3.50. The van der Waals surface area contributed by atoms with Crippen LogP contribution >= 0.6 is 0 Å². The Hall–Kier alpha value is -4.45. The van der Waals surface area contributed by atoms with E-state index in [0.29, 0.717) is 16.9 Å². The molecule has 0 unspecified atom stereocenters. The number of nitrogens with one attached hydrogen (secondary N) is 2. The van der Waals surface area contributed by atoms with Crippen LogP contribution in [-0.2, 0) is 17.4 Å². The minimum absolute atomic E-state index is 0.0699. The third-order valence-electron chi connectivity index (χ3n) is 5.42. The second-order valence-electron chi connectivity index (χ2n) is 7.94. The number of amides is 2. The zero-order valence-corrected chi connectivity index (χ0v) is 18.9. The number of hydrazine groups is 1. The largest absolute Gasteiger partial charge is 0.425 e. The Balaban J connectivity index is 1.56. The van der Waals surface area contributed by atoms with Crippen LogP contribution in [0.15, 0.2) is 79.3 Å². The van der Waals surface area contributed by atoms with Crippen LogP contribution in [0.5, 0.6) is 0 Å². The molecule has 2 amide bonds. The molecule has 2 aromatic heterocycles. The van der Waals surface area contributed by atoms with Gasteiger partial charge in [0.25, 0.3) is 5.91 Å². The van der Waals surface area contributed by atoms with Gasteiger partial charge >= 0.3 is 6.18 Å². The number of nitrogens with zero attached hydrogens (tertiary/aromatic N) is 4. The van der Waals surface area contributed by atoms with Gasteiger partial charge in [0.05, 0.1) is 17.7 Å². The molecule has 0 spiro atoms. The number of aromatic nitrogens is 4. The number of alkyl halides is 3. The summed E-state index contributed by atoms with van der Waals surface area (Å²) < 4.78 is 43.5. The highest BCUT2D eigenvalue weighted by molar-refractivity contribution is 6.00. The Morgan fingerprint density at radius 3 is 2.22 bits per heavy atom. The van der Waals surface area contributed by atoms with Crippen LogP contribution in [-0.4, -0.2) is 42.4 Å². The van der Waals surface area contributed by atoms with Crippen molar-refractivity contribution in [3.8, 4) is 16.9 Å². The minimum Gasteiger partial charge on any atom is -0.374 e. The van der Waals surface area contributed by atoms with Gasteiger partial charge in [-0.25, -0.2) is 9.67 Å². The lowest BCUT2D eigenvalue weighted by atomic mass is 9.97. The van der Waals surface area contributed by atoms with Crippen molar-refractivity contribution in [1.82, 2.24) is 30.2 Å². The molecule has 9 nitrogen and oxygen atoms in total. The number of rotatable bonds is 6. The van der Waals surface area contributed by atoms with Crippen molar-refractivity contribution in [2.75, 3.05) is 0 Å². The Morgan fingerprint density at radius 2 is 1.64 bits per heavy atom. The van der Waals surface area contributed by atoms with Gasteiger partial charge in [-0.3, -0.25) is 20.4 Å². The quantitative estimate of drug-likeness (QED) is 0.354. The standard InChI is InChI=1S/C24H21F3N6O3/c1-32-13-12-28-22(32)23(36,24(25,26)27)14-19(34)29-30-21(35)18-15-33(17-10-6-3-7-11-17)31-20(18)16-8-4-2-5-9-16/h2-13,15,36H,14H2,1H3,(H,29,34)(H,30,35)/t23-/m1/s1. The van der Waals surface area contributed by atoms with Crippen molar-refractivity contribution >= 4 is 11.8 Å². The lowest BCUT2D eigenvalue weighted by molar-refractivity contribution is -0.271. The third kappa shape index (κ3) is 4.84. The molecule has 2 aromatic carbocycles. The van der Waals surface area contributed by atoms with Crippen LogP contribution in [0.4, 0.5) is 13.2 Å². The van der Waals surface area contributed by atoms with Crippen LogP contribution in [0.1, 0.15) is 22.6 Å². The van der Waals surface area contributed by atoms with E-state index < -0.39 is 35.8 Å². The van der Waals surface area contributed by atoms with E-state index >= 15 is 0 Å². The summed E-state index contributed by atoms with van der Waals surface area (Å²) in [5.41, 5.74) is 2.15. The molecular weight excluding hydrogens is 477 g/mol. The van der Waals surface area contributed by atoms with Gasteiger partial charge in [-0.15, -0.1) is 0 Å². The summed E-state index contributed by atoms with van der Waals surface area (Å²) in [6, 6.07) is 17.8. The van der Waals surface area contributed by atoms with Crippen molar-refractivity contribution in [2.45, 2.75) is 18.2 Å². The summed E-state index contributed by atoms with van der Waals surface area (Å²) in [6.45, 7) is 0. The molecule has 0 aliphatic heterocycles. The summed E-state index contributed by atoms with van der Waals surface area (Å²) in [4.78, 5) is 28.9. The van der Waals surface area contributed by atoms with Crippen molar-refractivity contribution in [3.63, 3.8) is 0 Å². The van der Waals surface area contributed by atoms with E-state index in [-0.39, 0.29) is 5.56 Å². The van der Waals surface area contributed by atoms with Crippen LogP contribution in [0, 0.1) is 0 Å². The number of benzene rings is 2. The summed E-state index contributed by atoms with van der Waals surface area (Å²) in [5, 5.41) is 14.8. The number of carbonyl (C=O) groups excluding carboxylic acids is 2. The summed E-state index contributed by atoms with van der Waals surface area (Å²) in [6.07, 6.45) is -2.90. The van der Waals surface area contributed by atoms with Crippen molar-refractivity contribution in [2.24, 2.45) is 7.05 Å². The number of carbonyl (C=O) groups is 2. The van der Waals surface area contributed by atoms with Crippen LogP contribution in [0.25, 0.3) is 16.9 Å². The molecule has 0 aliphatic rings. The number of hydrogen-bond donors (Lipinski definition) is 3. The van der Waals surface area contributed by atoms with Gasteiger partial charge in [0, 0.05) is 31.2 Å². The van der Waals surface area contributed by atoms with Crippen LogP contribution < -0.4 is 10.9 Å². The van der Waals surface area contributed by atoms with E-state index in [1.165, 1.54) is 24.1 Å². The number of para-hydroxylation sites is 1. The number of imidazole rings is 1. The van der Waals surface area contributed by atoms with E-state index in [1.54, 1.807) is 54.6 Å². The molecule has 0 bridgehead atoms. The normalized spacial score (nSPS) is 13.1. The Bertz CT molecular complexity index is 1370. The zero-order chi connectivity index (χ0) is 25.9. The first-order valence-corrected chi connectivity index (χ1v) is 10.7. The van der Waals surface area contributed by atoms with E-state index in [9.17, 15) is 27.9 Å². The van der Waals surface area contributed by atoms with Crippen LogP contribution in [0.3, 0.4) is 0 Å². The fourth-order valence-corrected chi connectivity index (χ4v) is 3.60. The molecule has 12 heteroatoms. The third-order valence-corrected chi connectivity index (χ3v) is 5.42. The Kier molecular flexibility index (Phi) is 6.62. The van der Waals surface area contributed by atoms with Gasteiger partial charge in [0.1, 0.15) is 5.69 Å². The average molecular weight is 498 g/mol. The first-order chi connectivity index (χ1) is 17.1. The zero-order valence-electron chi connectivity index (χ0n) is 18.9. The number of aryl methyl sites for hydroxylation is 1. The van der Waals surface area contributed by atoms with Crippen molar-refractivity contribution < 1.29 is 27.9 Å². The van der Waals surface area contributed by atoms with E-state index in [4.69, 9.17) is 0 Å². The minimum atomic E-state index is -5.20. The molecule has 4 aromatic rings. The molecule has 36 heavy (non-hydrogen) atoms. The molecule has 3 N–H and O–H groups in total. The molecule has 0 aliphatic carbocycles. The topological polar surface area (TPSA) is 114 Å². The van der Waals surface area contributed by atoms with E-state index in [1.807, 2.05) is 11.5 Å². The first kappa shape index (κ1) is 24.7. The Labute approximate surface area is 203 Å². The van der Waals surface area contributed by atoms with Crippen LogP contribution in [0.2, 0.25) is 0 Å². The highest BCUT2D eigenvalue weighted by atomic mass is 19.4. The summed E-state index contributed by atoms with van der Waals surface area (Å²) in [5.74, 6) is -2.84. The number of halogens is 3. The maximum absolute atomic E-state index is 13.7. The summed E-state index contributed by atoms with van der Waals surface area (Å²) >= 11 is 0. The lowest BCUT2D eigenvalue weighted by Gasteiger charge is -2.29. The monoisotopic (exact) mass is 498 g/mol.